The van der Waals surface area contributed by atoms with Crippen LogP contribution < -0.4 is 5.32 Å². The summed E-state index contributed by atoms with van der Waals surface area (Å²) in [4.78, 5) is 0. The summed E-state index contributed by atoms with van der Waals surface area (Å²) >= 11 is 0. The lowest BCUT2D eigenvalue weighted by Crippen LogP contribution is -1.86. The molecule has 1 N–H and O–H groups in total. The molecule has 1 heteroatoms. The van der Waals surface area contributed by atoms with E-state index in [0.29, 0.717) is 0 Å². The van der Waals surface area contributed by atoms with Gasteiger partial charge in [0.1, 0.15) is 0 Å². The van der Waals surface area contributed by atoms with Crippen LogP contribution in [0.2, 0.25) is 0 Å². The average molecular weight is 227 g/mol. The van der Waals surface area contributed by atoms with Crippen LogP contribution in [-0.2, 0) is 6.42 Å². The van der Waals surface area contributed by atoms with E-state index < -0.39 is 0 Å². The number of rotatable bonds is 2. The van der Waals surface area contributed by atoms with E-state index in [1.807, 2.05) is 25.2 Å². The maximum atomic E-state index is 3.07. The molecule has 2 aromatic carbocycles. The lowest BCUT2D eigenvalue weighted by atomic mass is 10.2. The van der Waals surface area contributed by atoms with Gasteiger partial charge in [0, 0.05) is 12.7 Å². The molecule has 0 heterocycles. The second-order valence-electron chi connectivity index (χ2n) is 3.96. The Bertz CT molecular complexity index is 421. The molecule has 0 aliphatic carbocycles. The van der Waals surface area contributed by atoms with Gasteiger partial charge in [0.05, 0.1) is 0 Å². The molecule has 0 saturated heterocycles. The van der Waals surface area contributed by atoms with Crippen molar-refractivity contribution >= 4 is 5.69 Å². The number of hydrogen-bond acceptors (Lipinski definition) is 1. The molecule has 0 bridgehead atoms. The Hall–Kier alpha value is -1.76. The molecule has 0 aliphatic heterocycles. The fraction of sp³-hybridized carbons (Fsp3) is 0.250. The lowest BCUT2D eigenvalue weighted by Gasteiger charge is -1.98. The van der Waals surface area contributed by atoms with Crippen molar-refractivity contribution in [2.24, 2.45) is 0 Å². The summed E-state index contributed by atoms with van der Waals surface area (Å²) in [6.45, 7) is 4.25. The van der Waals surface area contributed by atoms with Gasteiger partial charge in [0.25, 0.3) is 0 Å². The minimum atomic E-state index is 1.14. The van der Waals surface area contributed by atoms with E-state index in [-0.39, 0.29) is 0 Å². The highest BCUT2D eigenvalue weighted by atomic mass is 14.8. The van der Waals surface area contributed by atoms with Crippen LogP contribution in [0.4, 0.5) is 5.69 Å². The second-order valence-corrected chi connectivity index (χ2v) is 3.96. The summed E-state index contributed by atoms with van der Waals surface area (Å²) in [6, 6.07) is 18.7. The zero-order valence-electron chi connectivity index (χ0n) is 10.9. The van der Waals surface area contributed by atoms with Crippen molar-refractivity contribution in [2.75, 3.05) is 12.4 Å². The normalized spacial score (nSPS) is 9.12. The molecule has 2 rings (SSSR count). The first-order valence-corrected chi connectivity index (χ1v) is 6.04. The highest BCUT2D eigenvalue weighted by Gasteiger charge is 1.84. The zero-order chi connectivity index (χ0) is 12.5. The van der Waals surface area contributed by atoms with Crippen molar-refractivity contribution < 1.29 is 0 Å². The third kappa shape index (κ3) is 5.21. The van der Waals surface area contributed by atoms with Gasteiger partial charge in [0.15, 0.2) is 0 Å². The van der Waals surface area contributed by atoms with Crippen LogP contribution in [0, 0.1) is 6.92 Å². The molecular weight excluding hydrogens is 206 g/mol. The minimum absolute atomic E-state index is 1.14. The van der Waals surface area contributed by atoms with E-state index >= 15 is 0 Å². The summed E-state index contributed by atoms with van der Waals surface area (Å²) in [5.41, 5.74) is 3.88. The number of benzene rings is 2. The monoisotopic (exact) mass is 227 g/mol. The number of hydrogen-bond donors (Lipinski definition) is 1. The molecule has 0 aliphatic rings. The van der Waals surface area contributed by atoms with Gasteiger partial charge in [-0.05, 0) is 36.6 Å². The van der Waals surface area contributed by atoms with Gasteiger partial charge in [-0.2, -0.15) is 0 Å². The second kappa shape index (κ2) is 7.50. The van der Waals surface area contributed by atoms with E-state index in [1.165, 1.54) is 16.8 Å². The van der Waals surface area contributed by atoms with Crippen molar-refractivity contribution in [1.29, 1.82) is 0 Å². The van der Waals surface area contributed by atoms with Gasteiger partial charge in [-0.1, -0.05) is 49.4 Å². The lowest BCUT2D eigenvalue weighted by molar-refractivity contribution is 1.14. The Morgan fingerprint density at radius 1 is 0.941 bits per heavy atom. The molecule has 2 aromatic rings. The van der Waals surface area contributed by atoms with Gasteiger partial charge < -0.3 is 5.32 Å². The summed E-state index contributed by atoms with van der Waals surface area (Å²) < 4.78 is 0. The molecule has 17 heavy (non-hydrogen) atoms. The summed E-state index contributed by atoms with van der Waals surface area (Å²) in [5, 5.41) is 3.07. The van der Waals surface area contributed by atoms with Crippen LogP contribution in [0.25, 0.3) is 0 Å². The Morgan fingerprint density at radius 2 is 1.65 bits per heavy atom. The predicted octanol–water partition coefficient (Wildman–Crippen LogP) is 4.29. The van der Waals surface area contributed by atoms with Gasteiger partial charge in [-0.25, -0.2) is 0 Å². The van der Waals surface area contributed by atoms with Crippen molar-refractivity contribution in [1.82, 2.24) is 0 Å². The van der Waals surface area contributed by atoms with Crippen LogP contribution in [0.5, 0.6) is 0 Å². The van der Waals surface area contributed by atoms with Crippen molar-refractivity contribution in [3.63, 3.8) is 0 Å². The third-order valence-electron chi connectivity index (χ3n) is 2.56. The number of nitrogens with one attached hydrogen (secondary N) is 1. The molecule has 0 radical (unpaired) electrons. The molecule has 90 valence electrons. The van der Waals surface area contributed by atoms with Gasteiger partial charge in [0.2, 0.25) is 0 Å². The SMILES string of the molecule is CCc1ccccc1.CNc1cccc(C)c1. The quantitative estimate of drug-likeness (QED) is 0.807. The fourth-order valence-electron chi connectivity index (χ4n) is 1.51. The van der Waals surface area contributed by atoms with E-state index in [4.69, 9.17) is 0 Å². The molecule has 0 unspecified atom stereocenters. The van der Waals surface area contributed by atoms with Crippen molar-refractivity contribution in [3.05, 3.63) is 65.7 Å². The van der Waals surface area contributed by atoms with Crippen LogP contribution in [0.1, 0.15) is 18.1 Å². The number of aryl methyl sites for hydroxylation is 2. The largest absolute Gasteiger partial charge is 0.388 e. The first kappa shape index (κ1) is 13.3. The smallest absolute Gasteiger partial charge is 0.0340 e. The highest BCUT2D eigenvalue weighted by molar-refractivity contribution is 5.44. The van der Waals surface area contributed by atoms with Crippen LogP contribution in [0.3, 0.4) is 0 Å². The molecule has 0 aromatic heterocycles. The Kier molecular flexibility index (Phi) is 5.87. The van der Waals surface area contributed by atoms with Crippen molar-refractivity contribution in [3.8, 4) is 0 Å². The third-order valence-corrected chi connectivity index (χ3v) is 2.56. The van der Waals surface area contributed by atoms with Gasteiger partial charge in [-0.3, -0.25) is 0 Å². The topological polar surface area (TPSA) is 12.0 Å². The van der Waals surface area contributed by atoms with Gasteiger partial charge in [-0.15, -0.1) is 0 Å². The standard InChI is InChI=1S/C8H11N.C8H10/c1-7-4-3-5-8(6-7)9-2;1-2-8-6-4-3-5-7-8/h3-6,9H,1-2H3;3-7H,2H2,1H3. The molecule has 0 spiro atoms. The van der Waals surface area contributed by atoms with Crippen molar-refractivity contribution in [2.45, 2.75) is 20.3 Å². The molecule has 0 fully saturated rings. The molecule has 0 atom stereocenters. The molecule has 0 saturated carbocycles. The Morgan fingerprint density at radius 3 is 2.06 bits per heavy atom. The first-order chi connectivity index (χ1) is 8.26. The summed E-state index contributed by atoms with van der Waals surface area (Å²) in [5.74, 6) is 0. The summed E-state index contributed by atoms with van der Waals surface area (Å²) in [6.07, 6.45) is 1.14. The minimum Gasteiger partial charge on any atom is -0.388 e. The molecule has 0 amide bonds. The van der Waals surface area contributed by atoms with Gasteiger partial charge >= 0.3 is 0 Å². The highest BCUT2D eigenvalue weighted by Crippen LogP contribution is 2.07. The predicted molar refractivity (Wildman–Crippen MR) is 76.5 cm³/mol. The van der Waals surface area contributed by atoms with E-state index in [9.17, 15) is 0 Å². The van der Waals surface area contributed by atoms with E-state index in [2.05, 4.69) is 55.6 Å². The van der Waals surface area contributed by atoms with Crippen LogP contribution >= 0.6 is 0 Å². The zero-order valence-corrected chi connectivity index (χ0v) is 10.9. The maximum absolute atomic E-state index is 3.07. The van der Waals surface area contributed by atoms with E-state index in [0.717, 1.165) is 6.42 Å². The molecule has 1 nitrogen and oxygen atoms in total. The fourth-order valence-corrected chi connectivity index (χ4v) is 1.51. The van der Waals surface area contributed by atoms with Crippen LogP contribution in [-0.4, -0.2) is 7.05 Å². The molecular formula is C16H21N. The average Bonchev–Trinajstić information content (AvgIpc) is 2.40. The summed E-state index contributed by atoms with van der Waals surface area (Å²) in [7, 11) is 1.93. The Labute approximate surface area is 105 Å². The van der Waals surface area contributed by atoms with E-state index in [1.54, 1.807) is 0 Å². The maximum Gasteiger partial charge on any atom is 0.0340 e. The first-order valence-electron chi connectivity index (χ1n) is 6.04. The number of anilines is 1. The Balaban J connectivity index is 0.000000171. The van der Waals surface area contributed by atoms with Crippen LogP contribution in [0.15, 0.2) is 54.6 Å².